The van der Waals surface area contributed by atoms with Gasteiger partial charge < -0.3 is 5.43 Å². The van der Waals surface area contributed by atoms with Crippen molar-refractivity contribution in [2.75, 3.05) is 12.0 Å². The number of nitrogens with two attached hydrogens (primary N) is 1. The van der Waals surface area contributed by atoms with E-state index in [2.05, 4.69) is 5.43 Å². The number of hydrazine groups is 1. The van der Waals surface area contributed by atoms with Crippen molar-refractivity contribution >= 4 is 32.0 Å². The maximum absolute atomic E-state index is 12.6. The lowest BCUT2D eigenvalue weighted by molar-refractivity contribution is -0.383. The van der Waals surface area contributed by atoms with Gasteiger partial charge in [0.2, 0.25) is 0 Å². The van der Waals surface area contributed by atoms with Gasteiger partial charge in [-0.2, -0.15) is 4.31 Å². The number of rotatable bonds is 5. The van der Waals surface area contributed by atoms with Crippen molar-refractivity contribution in [2.45, 2.75) is 36.4 Å². The molecule has 0 saturated carbocycles. The van der Waals surface area contributed by atoms with Gasteiger partial charge in [0.05, 0.1) is 4.92 Å². The quantitative estimate of drug-likeness (QED) is 0.482. The van der Waals surface area contributed by atoms with E-state index < -0.39 is 14.9 Å². The van der Waals surface area contributed by atoms with E-state index in [1.54, 1.807) is 0 Å². The number of sulfonamides is 1. The molecule has 20 heavy (non-hydrogen) atoms. The molecule has 0 amide bonds. The molecular formula is C10H16N4O4S2. The molecule has 0 spiro atoms. The highest BCUT2D eigenvalue weighted by molar-refractivity contribution is 7.91. The molecule has 8 nitrogen and oxygen atoms in total. The fourth-order valence-corrected chi connectivity index (χ4v) is 5.51. The third kappa shape index (κ3) is 2.51. The number of nitrogen functional groups attached to an aromatic ring is 1. The average molecular weight is 320 g/mol. The number of hydrogen-bond acceptors (Lipinski definition) is 7. The van der Waals surface area contributed by atoms with E-state index in [1.807, 2.05) is 6.92 Å². The summed E-state index contributed by atoms with van der Waals surface area (Å²) in [5.41, 5.74) is 1.86. The highest BCUT2D eigenvalue weighted by Gasteiger charge is 2.37. The first-order valence-electron chi connectivity index (χ1n) is 6.18. The standard InChI is InChI=1S/C10H16N4O4S2/c1-2-7-4-3-5-13(7)20(17,18)9-6-8(14(15)16)10(12-11)19-9/h6-7,12H,2-5,11H2,1H3. The van der Waals surface area contributed by atoms with Crippen molar-refractivity contribution in [3.8, 4) is 0 Å². The minimum absolute atomic E-state index is 0.0320. The van der Waals surface area contributed by atoms with Gasteiger partial charge in [-0.25, -0.2) is 14.3 Å². The van der Waals surface area contributed by atoms with E-state index in [4.69, 9.17) is 5.84 Å². The van der Waals surface area contributed by atoms with Crippen LogP contribution in [0.1, 0.15) is 26.2 Å². The lowest BCUT2D eigenvalue weighted by atomic mass is 10.2. The molecular weight excluding hydrogens is 304 g/mol. The van der Waals surface area contributed by atoms with Crippen LogP contribution in [0.15, 0.2) is 10.3 Å². The van der Waals surface area contributed by atoms with Crippen molar-refractivity contribution in [1.82, 2.24) is 4.31 Å². The molecule has 1 atom stereocenters. The zero-order valence-electron chi connectivity index (χ0n) is 10.9. The summed E-state index contributed by atoms with van der Waals surface area (Å²) in [7, 11) is -3.69. The summed E-state index contributed by atoms with van der Waals surface area (Å²) in [4.78, 5) is 10.2. The van der Waals surface area contributed by atoms with Gasteiger partial charge in [0.25, 0.3) is 10.0 Å². The first-order chi connectivity index (χ1) is 9.41. The van der Waals surface area contributed by atoms with Gasteiger partial charge in [-0.05, 0) is 19.3 Å². The normalized spacial score (nSPS) is 20.2. The monoisotopic (exact) mass is 320 g/mol. The molecule has 0 bridgehead atoms. The fraction of sp³-hybridized carbons (Fsp3) is 0.600. The van der Waals surface area contributed by atoms with Crippen LogP contribution >= 0.6 is 11.3 Å². The van der Waals surface area contributed by atoms with E-state index in [-0.39, 0.29) is 20.9 Å². The van der Waals surface area contributed by atoms with Crippen molar-refractivity contribution < 1.29 is 13.3 Å². The van der Waals surface area contributed by atoms with Crippen LogP contribution in [0.4, 0.5) is 10.7 Å². The van der Waals surface area contributed by atoms with Crippen molar-refractivity contribution in [1.29, 1.82) is 0 Å². The van der Waals surface area contributed by atoms with E-state index in [0.29, 0.717) is 6.54 Å². The maximum atomic E-state index is 12.6. The summed E-state index contributed by atoms with van der Waals surface area (Å²) in [6, 6.07) is 1.04. The number of nitro groups is 1. The van der Waals surface area contributed by atoms with Crippen molar-refractivity contribution in [3.63, 3.8) is 0 Å². The Morgan fingerprint density at radius 1 is 1.65 bits per heavy atom. The van der Waals surface area contributed by atoms with E-state index in [0.717, 1.165) is 36.7 Å². The first kappa shape index (κ1) is 15.2. The van der Waals surface area contributed by atoms with E-state index >= 15 is 0 Å². The summed E-state index contributed by atoms with van der Waals surface area (Å²) >= 11 is 0.787. The third-order valence-electron chi connectivity index (χ3n) is 3.37. The first-order valence-corrected chi connectivity index (χ1v) is 8.44. The van der Waals surface area contributed by atoms with Crippen LogP contribution in [-0.2, 0) is 10.0 Å². The van der Waals surface area contributed by atoms with Crippen LogP contribution in [0.5, 0.6) is 0 Å². The maximum Gasteiger partial charge on any atom is 0.306 e. The molecule has 2 rings (SSSR count). The Labute approximate surface area is 120 Å². The van der Waals surface area contributed by atoms with Gasteiger partial charge >= 0.3 is 5.69 Å². The Morgan fingerprint density at radius 3 is 2.85 bits per heavy atom. The minimum atomic E-state index is -3.69. The summed E-state index contributed by atoms with van der Waals surface area (Å²) in [6.07, 6.45) is 2.37. The number of anilines is 1. The number of thiophene rings is 1. The third-order valence-corrected chi connectivity index (χ3v) is 6.83. The molecule has 1 aliphatic rings. The Morgan fingerprint density at radius 2 is 2.35 bits per heavy atom. The summed E-state index contributed by atoms with van der Waals surface area (Å²) in [5, 5.41) is 10.9. The van der Waals surface area contributed by atoms with Crippen molar-refractivity contribution in [3.05, 3.63) is 16.2 Å². The molecule has 1 saturated heterocycles. The average Bonchev–Trinajstić information content (AvgIpc) is 3.05. The zero-order valence-corrected chi connectivity index (χ0v) is 12.5. The van der Waals surface area contributed by atoms with E-state index in [9.17, 15) is 18.5 Å². The minimum Gasteiger partial charge on any atom is -0.310 e. The Bertz CT molecular complexity index is 613. The van der Waals surface area contributed by atoms with Gasteiger partial charge in [0.15, 0.2) is 5.00 Å². The van der Waals surface area contributed by atoms with Crippen LogP contribution in [-0.4, -0.2) is 30.2 Å². The Balaban J connectivity index is 2.42. The van der Waals surface area contributed by atoms with Crippen LogP contribution in [0, 0.1) is 10.1 Å². The van der Waals surface area contributed by atoms with Crippen LogP contribution < -0.4 is 11.3 Å². The van der Waals surface area contributed by atoms with Gasteiger partial charge in [0.1, 0.15) is 4.21 Å². The zero-order chi connectivity index (χ0) is 14.9. The number of nitrogens with zero attached hydrogens (tertiary/aromatic N) is 2. The molecule has 1 aromatic heterocycles. The van der Waals surface area contributed by atoms with Crippen LogP contribution in [0.25, 0.3) is 0 Å². The molecule has 2 heterocycles. The predicted octanol–water partition coefficient (Wildman–Crippen LogP) is 1.50. The van der Waals surface area contributed by atoms with Crippen LogP contribution in [0.3, 0.4) is 0 Å². The summed E-state index contributed by atoms with van der Waals surface area (Å²) in [6.45, 7) is 2.39. The molecule has 0 radical (unpaired) electrons. The molecule has 0 aliphatic carbocycles. The van der Waals surface area contributed by atoms with Gasteiger partial charge in [-0.3, -0.25) is 10.1 Å². The number of nitrogens with one attached hydrogen (secondary N) is 1. The molecule has 10 heteroatoms. The molecule has 1 aromatic rings. The lowest BCUT2D eigenvalue weighted by Crippen LogP contribution is -2.34. The van der Waals surface area contributed by atoms with Gasteiger partial charge in [-0.15, -0.1) is 0 Å². The highest BCUT2D eigenvalue weighted by atomic mass is 32.2. The van der Waals surface area contributed by atoms with Crippen molar-refractivity contribution in [2.24, 2.45) is 5.84 Å². The predicted molar refractivity (Wildman–Crippen MR) is 76.0 cm³/mol. The van der Waals surface area contributed by atoms with E-state index in [1.165, 1.54) is 4.31 Å². The van der Waals surface area contributed by atoms with Crippen LogP contribution in [0.2, 0.25) is 0 Å². The number of hydrogen-bond donors (Lipinski definition) is 2. The van der Waals surface area contributed by atoms with Gasteiger partial charge in [0, 0.05) is 18.7 Å². The smallest absolute Gasteiger partial charge is 0.306 e. The van der Waals surface area contributed by atoms with Gasteiger partial charge in [-0.1, -0.05) is 18.3 Å². The summed E-state index contributed by atoms with van der Waals surface area (Å²) in [5.74, 6) is 5.20. The SMILES string of the molecule is CCC1CCCN1S(=O)(=O)c1cc([N+](=O)[O-])c(NN)s1. The second-order valence-corrected chi connectivity index (χ2v) is 7.67. The Hall–Kier alpha value is -1.23. The second kappa shape index (κ2) is 5.64. The summed E-state index contributed by atoms with van der Waals surface area (Å²) < 4.78 is 26.5. The largest absolute Gasteiger partial charge is 0.310 e. The molecule has 1 unspecified atom stereocenters. The molecule has 1 fully saturated rings. The molecule has 3 N–H and O–H groups in total. The molecule has 1 aliphatic heterocycles. The second-order valence-electron chi connectivity index (χ2n) is 4.50. The molecule has 0 aromatic carbocycles. The fourth-order valence-electron chi connectivity index (χ4n) is 2.37. The topological polar surface area (TPSA) is 119 Å². The lowest BCUT2D eigenvalue weighted by Gasteiger charge is -2.21. The molecule has 112 valence electrons. The Kier molecular flexibility index (Phi) is 4.28. The highest BCUT2D eigenvalue weighted by Crippen LogP contribution is 2.39.